The molecule has 0 saturated carbocycles. The zero-order valence-corrected chi connectivity index (χ0v) is 32.9. The van der Waals surface area contributed by atoms with Gasteiger partial charge in [0.15, 0.2) is 0 Å². The van der Waals surface area contributed by atoms with Gasteiger partial charge in [-0.25, -0.2) is 0 Å². The molecule has 0 fully saturated rings. The van der Waals surface area contributed by atoms with Gasteiger partial charge in [0.05, 0.1) is 28.9 Å². The highest BCUT2D eigenvalue weighted by Gasteiger charge is 2.37. The maximum atomic E-state index is 8.91. The molecule has 60 heavy (non-hydrogen) atoms. The number of hydrogen-bond donors (Lipinski definition) is 0. The van der Waals surface area contributed by atoms with Crippen LogP contribution in [0.3, 0.4) is 0 Å². The molecule has 0 aliphatic heterocycles. The van der Waals surface area contributed by atoms with E-state index in [1.165, 1.54) is 10.8 Å². The first kappa shape index (κ1) is 28.7. The molecule has 1 aliphatic rings. The lowest BCUT2D eigenvalue weighted by molar-refractivity contribution is 0.660. The van der Waals surface area contributed by atoms with Gasteiger partial charge < -0.3 is 13.6 Å². The van der Waals surface area contributed by atoms with Gasteiger partial charge in [0.2, 0.25) is 0 Å². The van der Waals surface area contributed by atoms with Gasteiger partial charge in [-0.2, -0.15) is 0 Å². The van der Waals surface area contributed by atoms with Crippen molar-refractivity contribution in [1.82, 2.24) is 9.13 Å². The van der Waals surface area contributed by atoms with Crippen LogP contribution in [0.15, 0.2) is 198 Å². The molecular weight excluding hydrogens is 729 g/mol. The van der Waals surface area contributed by atoms with E-state index in [-0.39, 0.29) is 35.1 Å². The molecule has 0 amide bonds. The summed E-state index contributed by atoms with van der Waals surface area (Å²) in [5, 5.41) is 6.86. The molecule has 3 nitrogen and oxygen atoms in total. The van der Waals surface area contributed by atoms with Crippen LogP contribution >= 0.6 is 0 Å². The summed E-state index contributed by atoms with van der Waals surface area (Å²) < 4.78 is 53.9. The quantitative estimate of drug-likeness (QED) is 0.175. The van der Waals surface area contributed by atoms with Crippen molar-refractivity contribution in [1.29, 1.82) is 0 Å². The van der Waals surface area contributed by atoms with Gasteiger partial charge in [-0.1, -0.05) is 135 Å². The van der Waals surface area contributed by atoms with E-state index in [1.807, 2.05) is 24.3 Å². The average molecular weight is 772 g/mol. The third-order valence-corrected chi connectivity index (χ3v) is 13.0. The molecule has 0 bridgehead atoms. The average Bonchev–Trinajstić information content (AvgIpc) is 4.04. The Morgan fingerprint density at radius 1 is 0.417 bits per heavy atom. The van der Waals surface area contributed by atoms with Crippen molar-refractivity contribution in [3.05, 3.63) is 205 Å². The Morgan fingerprint density at radius 2 is 1.00 bits per heavy atom. The van der Waals surface area contributed by atoms with Crippen LogP contribution < -0.4 is 0 Å². The van der Waals surface area contributed by atoms with E-state index in [0.29, 0.717) is 5.56 Å². The van der Waals surface area contributed by atoms with Crippen LogP contribution in [0.2, 0.25) is 0 Å². The van der Waals surface area contributed by atoms with E-state index in [2.05, 4.69) is 163 Å². The topological polar surface area (TPSA) is 23.0 Å². The lowest BCUT2D eigenvalue weighted by Gasteiger charge is -2.22. The van der Waals surface area contributed by atoms with E-state index < -0.39 is 6.04 Å². The molecule has 12 aromatic rings. The summed E-state index contributed by atoms with van der Waals surface area (Å²) in [5.74, 6) is 0. The SMILES string of the molecule is [2H]c1c([2H])c([2H])c(-c2cccc3c2-c2cc(-n4c5ccccc5c5cc(-c6ccc7c(c6)c6ccccc6n7-c6ccc7oc8ccccc8c7c6)ccc54)ccc2C3(C)C)c([2H])c1[2H]. The summed E-state index contributed by atoms with van der Waals surface area (Å²) in [6, 6.07) is 56.5. The molecule has 0 N–H and O–H groups in total. The number of fused-ring (bicyclic) bond motifs is 12. The van der Waals surface area contributed by atoms with Gasteiger partial charge >= 0.3 is 0 Å². The van der Waals surface area contributed by atoms with Gasteiger partial charge in [0, 0.05) is 49.1 Å². The van der Waals surface area contributed by atoms with Crippen molar-refractivity contribution in [3.8, 4) is 44.8 Å². The highest BCUT2D eigenvalue weighted by molar-refractivity contribution is 6.13. The first-order chi connectivity index (χ1) is 31.6. The van der Waals surface area contributed by atoms with Crippen molar-refractivity contribution in [2.24, 2.45) is 0 Å². The summed E-state index contributed by atoms with van der Waals surface area (Å²) in [5.41, 5.74) is 15.1. The Morgan fingerprint density at radius 3 is 1.70 bits per heavy atom. The highest BCUT2D eigenvalue weighted by Crippen LogP contribution is 2.53. The van der Waals surface area contributed by atoms with E-state index in [9.17, 15) is 0 Å². The van der Waals surface area contributed by atoms with Crippen molar-refractivity contribution in [2.45, 2.75) is 19.3 Å². The molecule has 9 aromatic carbocycles. The number of hydrogen-bond acceptors (Lipinski definition) is 1. The Bertz CT molecular complexity index is 4030. The second-order valence-electron chi connectivity index (χ2n) is 16.5. The summed E-state index contributed by atoms with van der Waals surface area (Å²) >= 11 is 0. The maximum Gasteiger partial charge on any atom is 0.135 e. The number of rotatable bonds is 4. The largest absolute Gasteiger partial charge is 0.456 e. The summed E-state index contributed by atoms with van der Waals surface area (Å²) in [6.45, 7) is 4.39. The molecule has 13 rings (SSSR count). The molecule has 3 heterocycles. The zero-order chi connectivity index (χ0) is 44.0. The van der Waals surface area contributed by atoms with Crippen molar-refractivity contribution < 1.29 is 11.3 Å². The molecule has 1 aliphatic carbocycles. The number of para-hydroxylation sites is 3. The first-order valence-electron chi connectivity index (χ1n) is 22.9. The van der Waals surface area contributed by atoms with Gasteiger partial charge in [-0.05, 0) is 117 Å². The van der Waals surface area contributed by atoms with Crippen LogP contribution in [0.4, 0.5) is 0 Å². The third-order valence-electron chi connectivity index (χ3n) is 13.0. The predicted molar refractivity (Wildman–Crippen MR) is 251 cm³/mol. The molecule has 282 valence electrons. The van der Waals surface area contributed by atoms with Gasteiger partial charge in [-0.3, -0.25) is 0 Å². The van der Waals surface area contributed by atoms with Gasteiger partial charge in [0.1, 0.15) is 11.2 Å². The van der Waals surface area contributed by atoms with Crippen molar-refractivity contribution >= 4 is 65.6 Å². The fraction of sp³-hybridized carbons (Fsp3) is 0.0526. The van der Waals surface area contributed by atoms with Crippen molar-refractivity contribution in [2.75, 3.05) is 0 Å². The highest BCUT2D eigenvalue weighted by atomic mass is 16.3. The van der Waals surface area contributed by atoms with E-state index in [1.54, 1.807) is 0 Å². The first-order valence-corrected chi connectivity index (χ1v) is 20.4. The van der Waals surface area contributed by atoms with Gasteiger partial charge in [0.25, 0.3) is 0 Å². The van der Waals surface area contributed by atoms with Crippen LogP contribution in [-0.2, 0) is 5.41 Å². The molecule has 3 heteroatoms. The molecule has 0 saturated heterocycles. The van der Waals surface area contributed by atoms with E-state index in [4.69, 9.17) is 11.3 Å². The minimum Gasteiger partial charge on any atom is -0.456 e. The molecule has 0 spiro atoms. The fourth-order valence-electron chi connectivity index (χ4n) is 10.2. The monoisotopic (exact) mass is 771 g/mol. The van der Waals surface area contributed by atoms with Crippen LogP contribution in [0.5, 0.6) is 0 Å². The number of benzene rings is 9. The van der Waals surface area contributed by atoms with E-state index in [0.717, 1.165) is 99.5 Å². The van der Waals surface area contributed by atoms with Crippen LogP contribution in [-0.4, -0.2) is 9.13 Å². The van der Waals surface area contributed by atoms with E-state index >= 15 is 0 Å². The summed E-state index contributed by atoms with van der Waals surface area (Å²) in [6.07, 6.45) is 0. The normalized spacial score (nSPS) is 14.5. The second-order valence-corrected chi connectivity index (χ2v) is 16.5. The smallest absolute Gasteiger partial charge is 0.135 e. The van der Waals surface area contributed by atoms with Crippen LogP contribution in [0, 0.1) is 0 Å². The van der Waals surface area contributed by atoms with Crippen molar-refractivity contribution in [3.63, 3.8) is 0 Å². The minimum absolute atomic E-state index is 0.198. The molecule has 3 aromatic heterocycles. The fourth-order valence-corrected chi connectivity index (χ4v) is 10.2. The molecule has 0 atom stereocenters. The maximum absolute atomic E-state index is 8.91. The number of nitrogens with zero attached hydrogens (tertiary/aromatic N) is 2. The van der Waals surface area contributed by atoms with Crippen LogP contribution in [0.1, 0.15) is 31.8 Å². The minimum atomic E-state index is -0.393. The number of aromatic nitrogens is 2. The summed E-state index contributed by atoms with van der Waals surface area (Å²) in [7, 11) is 0. The lowest BCUT2D eigenvalue weighted by atomic mass is 9.82. The molecule has 0 unspecified atom stereocenters. The Balaban J connectivity index is 0.963. The molecular formula is C57H38N2O. The second kappa shape index (κ2) is 12.2. The molecule has 0 radical (unpaired) electrons. The Labute approximate surface area is 354 Å². The predicted octanol–water partition coefficient (Wildman–Crippen LogP) is 15.4. The Hall–Kier alpha value is -7.62. The lowest BCUT2D eigenvalue weighted by Crippen LogP contribution is -2.15. The number of furan rings is 1. The summed E-state index contributed by atoms with van der Waals surface area (Å²) in [4.78, 5) is 0. The van der Waals surface area contributed by atoms with Gasteiger partial charge in [-0.15, -0.1) is 0 Å². The third kappa shape index (κ3) is 4.60. The Kier molecular flexibility index (Phi) is 5.84. The zero-order valence-electron chi connectivity index (χ0n) is 37.9. The standard InChI is InChI=1S/C57H38N2O/c1-57(2)48-27-25-38(34-47(48)56-40(18-12-19-49(56)57)35-13-4-3-5-14-35)58-50-20-9-6-15-41(50)44-31-36(23-28-52(44)58)37-24-29-53-45(32-37)42-16-7-10-21-51(42)59(53)39-26-30-55-46(33-39)43-17-8-11-22-54(43)60-55/h3-34H,1-2H3/i3D,4D,5D,13D,14D. The van der Waals surface area contributed by atoms with Crippen LogP contribution in [0.25, 0.3) is 110 Å².